The summed E-state index contributed by atoms with van der Waals surface area (Å²) in [5.41, 5.74) is 0. The van der Waals surface area contributed by atoms with E-state index in [9.17, 15) is 14.7 Å². The number of hydrogen-bond acceptors (Lipinski definition) is 8. The lowest BCUT2D eigenvalue weighted by atomic mass is 10.0. The van der Waals surface area contributed by atoms with Crippen molar-refractivity contribution in [2.75, 3.05) is 20.2 Å². The van der Waals surface area contributed by atoms with Crippen molar-refractivity contribution in [3.05, 3.63) is 12.2 Å². The first-order chi connectivity index (χ1) is 9.67. The minimum Gasteiger partial charge on any atom is -0.478 e. The summed E-state index contributed by atoms with van der Waals surface area (Å²) in [5.74, 6) is -2.51. The second-order valence-corrected chi connectivity index (χ2v) is 3.87. The van der Waals surface area contributed by atoms with Crippen LogP contribution < -0.4 is 5.32 Å². The number of rotatable bonds is 8. The summed E-state index contributed by atoms with van der Waals surface area (Å²) in [6.07, 6.45) is -4.53. The fourth-order valence-electron chi connectivity index (χ4n) is 1.04. The largest absolute Gasteiger partial charge is 0.478 e. The van der Waals surface area contributed by atoms with Gasteiger partial charge < -0.3 is 41.1 Å². The average Bonchev–Trinajstić information content (AvgIpc) is 2.43. The van der Waals surface area contributed by atoms with E-state index in [4.69, 9.17) is 30.6 Å². The predicted octanol–water partition coefficient (Wildman–Crippen LogP) is -3.65. The van der Waals surface area contributed by atoms with Crippen LogP contribution in [0.5, 0.6) is 0 Å². The Kier molecular flexibility index (Phi) is 12.6. The summed E-state index contributed by atoms with van der Waals surface area (Å²) < 4.78 is 0. The van der Waals surface area contributed by atoms with E-state index in [2.05, 4.69) is 5.32 Å². The Balaban J connectivity index is 0. The van der Waals surface area contributed by atoms with E-state index < -0.39 is 43.0 Å². The van der Waals surface area contributed by atoms with Gasteiger partial charge in [-0.25, -0.2) is 9.59 Å². The minimum atomic E-state index is -1.55. The molecule has 0 aliphatic rings. The van der Waals surface area contributed by atoms with Gasteiger partial charge in [0.05, 0.1) is 12.7 Å². The number of nitrogens with one attached hydrogen (secondary N) is 1. The topological polar surface area (TPSA) is 188 Å². The first-order valence-corrected chi connectivity index (χ1v) is 5.79. The Morgan fingerprint density at radius 1 is 0.952 bits per heavy atom. The van der Waals surface area contributed by atoms with Gasteiger partial charge in [0.2, 0.25) is 0 Å². The smallest absolute Gasteiger partial charge is 0.328 e. The molecule has 0 unspecified atom stereocenters. The van der Waals surface area contributed by atoms with Gasteiger partial charge in [-0.05, 0) is 7.05 Å². The molecule has 0 radical (unpaired) electrons. The molecule has 0 aromatic heterocycles. The molecule has 0 spiro atoms. The zero-order valence-corrected chi connectivity index (χ0v) is 11.3. The van der Waals surface area contributed by atoms with Gasteiger partial charge in [-0.2, -0.15) is 0 Å². The highest BCUT2D eigenvalue weighted by Gasteiger charge is 2.29. The number of carbonyl (C=O) groups is 2. The lowest BCUT2D eigenvalue weighted by Gasteiger charge is -2.25. The molecule has 0 rings (SSSR count). The van der Waals surface area contributed by atoms with Crippen molar-refractivity contribution in [2.45, 2.75) is 24.4 Å². The lowest BCUT2D eigenvalue weighted by Crippen LogP contribution is -2.48. The van der Waals surface area contributed by atoms with Crippen molar-refractivity contribution in [3.8, 4) is 0 Å². The molecule has 0 bridgehead atoms. The van der Waals surface area contributed by atoms with Gasteiger partial charge in [0.25, 0.3) is 0 Å². The highest BCUT2D eigenvalue weighted by Crippen LogP contribution is 2.04. The van der Waals surface area contributed by atoms with Crippen molar-refractivity contribution in [1.29, 1.82) is 0 Å². The van der Waals surface area contributed by atoms with Crippen LogP contribution in [0.25, 0.3) is 0 Å². The second kappa shape index (κ2) is 12.2. The van der Waals surface area contributed by atoms with Gasteiger partial charge >= 0.3 is 11.9 Å². The zero-order valence-electron chi connectivity index (χ0n) is 11.3. The Labute approximate surface area is 120 Å². The molecule has 21 heavy (non-hydrogen) atoms. The summed E-state index contributed by atoms with van der Waals surface area (Å²) in [6.45, 7) is -0.569. The van der Waals surface area contributed by atoms with E-state index in [0.29, 0.717) is 12.2 Å². The number of aliphatic carboxylic acids is 2. The number of likely N-dealkylation sites (N-methyl/N-ethyl adjacent to an activating group) is 1. The van der Waals surface area contributed by atoms with Gasteiger partial charge in [0, 0.05) is 18.7 Å². The molecule has 0 aromatic rings. The number of carboxylic acid groups (broad SMARTS) is 2. The standard InChI is InChI=1S/C7H17NO5.C4H4O4/c1-8-2-4(10)6(12)7(13)5(11)3-9;5-3(6)1-2-4(7)8/h4-13H,2-3H2,1H3;1-2H,(H,5,6)(H,7,8)/b;2-1+/t4-,5+,6+,7+;/m0./s1. The zero-order chi connectivity index (χ0) is 17.0. The van der Waals surface area contributed by atoms with Crippen LogP contribution in [0.2, 0.25) is 0 Å². The van der Waals surface area contributed by atoms with Gasteiger partial charge in [0.15, 0.2) is 0 Å². The molecular weight excluding hydrogens is 290 g/mol. The monoisotopic (exact) mass is 311 g/mol. The first-order valence-electron chi connectivity index (χ1n) is 5.79. The molecule has 0 aliphatic heterocycles. The quantitative estimate of drug-likeness (QED) is 0.208. The van der Waals surface area contributed by atoms with Gasteiger partial charge in [-0.15, -0.1) is 0 Å². The maximum atomic E-state index is 9.55. The molecule has 0 aromatic carbocycles. The van der Waals surface area contributed by atoms with Crippen LogP contribution in [0, 0.1) is 0 Å². The summed E-state index contributed by atoms with van der Waals surface area (Å²) in [7, 11) is 1.57. The van der Waals surface area contributed by atoms with Gasteiger partial charge in [0.1, 0.15) is 18.3 Å². The molecule has 8 N–H and O–H groups in total. The van der Waals surface area contributed by atoms with Crippen molar-refractivity contribution < 1.29 is 45.3 Å². The highest BCUT2D eigenvalue weighted by molar-refractivity contribution is 5.89. The number of carboxylic acids is 2. The molecule has 0 amide bonds. The van der Waals surface area contributed by atoms with E-state index in [-0.39, 0.29) is 6.54 Å². The molecule has 0 saturated carbocycles. The third kappa shape index (κ3) is 11.9. The molecule has 0 heterocycles. The number of hydrogen-bond donors (Lipinski definition) is 8. The van der Waals surface area contributed by atoms with Crippen molar-refractivity contribution in [3.63, 3.8) is 0 Å². The lowest BCUT2D eigenvalue weighted by molar-refractivity contribution is -0.134. The van der Waals surface area contributed by atoms with Crippen LogP contribution >= 0.6 is 0 Å². The second-order valence-electron chi connectivity index (χ2n) is 3.87. The minimum absolute atomic E-state index is 0.0936. The molecule has 10 heteroatoms. The summed E-state index contributed by atoms with van der Waals surface area (Å²) in [6, 6.07) is 0. The Bertz CT molecular complexity index is 318. The fraction of sp³-hybridized carbons (Fsp3) is 0.636. The number of aliphatic hydroxyl groups is 5. The van der Waals surface area contributed by atoms with Crippen LogP contribution in [0.3, 0.4) is 0 Å². The van der Waals surface area contributed by atoms with Gasteiger partial charge in [-0.1, -0.05) is 0 Å². The van der Waals surface area contributed by atoms with Crippen LogP contribution in [0.15, 0.2) is 12.2 Å². The Morgan fingerprint density at radius 3 is 1.62 bits per heavy atom. The highest BCUT2D eigenvalue weighted by atomic mass is 16.4. The summed E-state index contributed by atoms with van der Waals surface area (Å²) >= 11 is 0. The molecule has 10 nitrogen and oxygen atoms in total. The third-order valence-corrected chi connectivity index (χ3v) is 2.11. The van der Waals surface area contributed by atoms with Gasteiger partial charge in [-0.3, -0.25) is 0 Å². The molecule has 0 saturated heterocycles. The van der Waals surface area contributed by atoms with E-state index in [1.165, 1.54) is 0 Å². The summed E-state index contributed by atoms with van der Waals surface area (Å²) in [5, 5.41) is 63.1. The Hall–Kier alpha value is -1.56. The van der Waals surface area contributed by atoms with Crippen molar-refractivity contribution >= 4 is 11.9 Å². The van der Waals surface area contributed by atoms with E-state index in [0.717, 1.165) is 0 Å². The summed E-state index contributed by atoms with van der Waals surface area (Å²) in [4.78, 5) is 19.1. The number of aliphatic hydroxyl groups excluding tert-OH is 5. The van der Waals surface area contributed by atoms with Crippen LogP contribution in [-0.4, -0.2) is 92.3 Å². The van der Waals surface area contributed by atoms with Crippen molar-refractivity contribution in [1.82, 2.24) is 5.32 Å². The maximum absolute atomic E-state index is 9.55. The molecular formula is C11H21NO9. The molecule has 124 valence electrons. The van der Waals surface area contributed by atoms with E-state index in [1.54, 1.807) is 7.05 Å². The van der Waals surface area contributed by atoms with Crippen LogP contribution in [0.4, 0.5) is 0 Å². The average molecular weight is 311 g/mol. The first kappa shape index (κ1) is 21.7. The normalized spacial score (nSPS) is 16.5. The maximum Gasteiger partial charge on any atom is 0.328 e. The predicted molar refractivity (Wildman–Crippen MR) is 69.5 cm³/mol. The third-order valence-electron chi connectivity index (χ3n) is 2.11. The molecule has 4 atom stereocenters. The van der Waals surface area contributed by atoms with Crippen LogP contribution in [0.1, 0.15) is 0 Å². The Morgan fingerprint density at radius 2 is 1.33 bits per heavy atom. The molecule has 0 fully saturated rings. The molecule has 0 aliphatic carbocycles. The SMILES string of the molecule is CNC[C@H](O)[C@@H](O)[C@H](O)[C@H](O)CO.O=C(O)/C=C/C(=O)O. The fourth-order valence-corrected chi connectivity index (χ4v) is 1.04. The van der Waals surface area contributed by atoms with E-state index in [1.807, 2.05) is 0 Å². The van der Waals surface area contributed by atoms with Crippen molar-refractivity contribution in [2.24, 2.45) is 0 Å². The van der Waals surface area contributed by atoms with E-state index >= 15 is 0 Å². The van der Waals surface area contributed by atoms with Crippen LogP contribution in [-0.2, 0) is 9.59 Å².